The van der Waals surface area contributed by atoms with Crippen LogP contribution in [0.15, 0.2) is 10.4 Å². The molecule has 1 aromatic rings. The van der Waals surface area contributed by atoms with Gasteiger partial charge in [-0.1, -0.05) is 19.3 Å². The van der Waals surface area contributed by atoms with E-state index in [-0.39, 0.29) is 0 Å². The highest BCUT2D eigenvalue weighted by Gasteiger charge is 2.33. The van der Waals surface area contributed by atoms with Gasteiger partial charge < -0.3 is 15.5 Å². The van der Waals surface area contributed by atoms with Gasteiger partial charge in [-0.3, -0.25) is 4.99 Å². The van der Waals surface area contributed by atoms with Gasteiger partial charge in [0.2, 0.25) is 0 Å². The molecule has 2 rings (SSSR count). The van der Waals surface area contributed by atoms with E-state index in [2.05, 4.69) is 32.6 Å². The van der Waals surface area contributed by atoms with Gasteiger partial charge in [-0.15, -0.1) is 11.3 Å². The lowest BCUT2D eigenvalue weighted by Crippen LogP contribution is -2.40. The molecule has 0 aromatic carbocycles. The molecule has 9 heteroatoms. The normalized spacial score (nSPS) is 16.7. The molecule has 1 aliphatic carbocycles. The van der Waals surface area contributed by atoms with Crippen LogP contribution in [-0.4, -0.2) is 55.6 Å². The topological polar surface area (TPSA) is 52.6 Å². The smallest absolute Gasteiger partial charge is 0.356 e. The lowest BCUT2D eigenvalue weighted by molar-refractivity contribution is -0.140. The Labute approximate surface area is 163 Å². The van der Waals surface area contributed by atoms with Gasteiger partial charge in [0.15, 0.2) is 11.7 Å². The summed E-state index contributed by atoms with van der Waals surface area (Å²) in [4.78, 5) is 10.2. The molecule has 27 heavy (non-hydrogen) atoms. The van der Waals surface area contributed by atoms with Crippen LogP contribution in [-0.2, 0) is 12.6 Å². The Hall–Kier alpha value is -1.35. The van der Waals surface area contributed by atoms with Gasteiger partial charge in [-0.05, 0) is 32.9 Å². The van der Waals surface area contributed by atoms with Crippen molar-refractivity contribution in [1.82, 2.24) is 20.5 Å². The number of nitrogens with one attached hydrogen (secondary N) is 2. The molecule has 1 saturated carbocycles. The predicted octanol–water partition coefficient (Wildman–Crippen LogP) is 3.52. The molecule has 0 unspecified atom stereocenters. The zero-order chi connectivity index (χ0) is 19.7. The Morgan fingerprint density at radius 1 is 1.26 bits per heavy atom. The average Bonchev–Trinajstić information content (AvgIpc) is 3.13. The molecule has 0 aliphatic heterocycles. The fourth-order valence-electron chi connectivity index (χ4n) is 3.30. The molecule has 1 fully saturated rings. The van der Waals surface area contributed by atoms with E-state index in [0.29, 0.717) is 23.9 Å². The van der Waals surface area contributed by atoms with E-state index < -0.39 is 11.9 Å². The van der Waals surface area contributed by atoms with Gasteiger partial charge in [0.1, 0.15) is 0 Å². The summed E-state index contributed by atoms with van der Waals surface area (Å²) >= 11 is 1.04. The third-order valence-electron chi connectivity index (χ3n) is 4.88. The second kappa shape index (κ2) is 10.8. The Kier molecular flexibility index (Phi) is 8.82. The minimum Gasteiger partial charge on any atom is -0.356 e. The van der Waals surface area contributed by atoms with Crippen molar-refractivity contribution in [2.45, 2.75) is 57.2 Å². The van der Waals surface area contributed by atoms with Crippen LogP contribution < -0.4 is 10.6 Å². The second-order valence-corrected chi connectivity index (χ2v) is 7.87. The quantitative estimate of drug-likeness (QED) is 0.395. The third-order valence-corrected chi connectivity index (χ3v) is 5.78. The highest BCUT2D eigenvalue weighted by molar-refractivity contribution is 7.09. The molecule has 0 saturated heterocycles. The molecule has 2 N–H and O–H groups in total. The Balaban J connectivity index is 1.60. The number of halogens is 3. The van der Waals surface area contributed by atoms with Crippen molar-refractivity contribution in [2.24, 2.45) is 4.99 Å². The highest BCUT2D eigenvalue weighted by atomic mass is 32.1. The number of hydrogen-bond acceptors (Lipinski definition) is 4. The molecule has 5 nitrogen and oxygen atoms in total. The maximum Gasteiger partial charge on any atom is 0.434 e. The Morgan fingerprint density at radius 3 is 2.59 bits per heavy atom. The van der Waals surface area contributed by atoms with Crippen molar-refractivity contribution < 1.29 is 13.2 Å². The average molecular weight is 406 g/mol. The van der Waals surface area contributed by atoms with Crippen molar-refractivity contribution in [1.29, 1.82) is 0 Å². The molecule has 1 aromatic heterocycles. The molecule has 154 valence electrons. The van der Waals surface area contributed by atoms with E-state index in [1.165, 1.54) is 32.1 Å². The van der Waals surface area contributed by atoms with E-state index in [1.54, 1.807) is 7.05 Å². The van der Waals surface area contributed by atoms with Crippen molar-refractivity contribution >= 4 is 17.3 Å². The van der Waals surface area contributed by atoms with Crippen molar-refractivity contribution in [3.8, 4) is 0 Å². The van der Waals surface area contributed by atoms with Crippen LogP contribution in [0.2, 0.25) is 0 Å². The van der Waals surface area contributed by atoms with Gasteiger partial charge in [0.05, 0.1) is 5.01 Å². The lowest BCUT2D eigenvalue weighted by atomic mass is 9.94. The number of rotatable bonds is 8. The summed E-state index contributed by atoms with van der Waals surface area (Å²) in [5, 5.41) is 7.92. The Morgan fingerprint density at radius 2 is 1.96 bits per heavy atom. The van der Waals surface area contributed by atoms with Crippen molar-refractivity contribution in [3.05, 3.63) is 16.1 Å². The second-order valence-electron chi connectivity index (χ2n) is 6.93. The maximum atomic E-state index is 12.6. The summed E-state index contributed by atoms with van der Waals surface area (Å²) in [5.74, 6) is 0.669. The van der Waals surface area contributed by atoms with E-state index in [4.69, 9.17) is 0 Å². The highest BCUT2D eigenvalue weighted by Crippen LogP contribution is 2.30. The van der Waals surface area contributed by atoms with E-state index >= 15 is 0 Å². The summed E-state index contributed by atoms with van der Waals surface area (Å²) in [6, 6.07) is 0.719. The first kappa shape index (κ1) is 21.9. The molecule has 0 spiro atoms. The largest absolute Gasteiger partial charge is 0.434 e. The molecule has 0 radical (unpaired) electrons. The number of aliphatic imine (C=N–C) groups is 1. The number of guanidine groups is 1. The standard InChI is InChI=1S/C18H30F3N5S/c1-22-17(23-10-6-12-26(2)14-7-4-3-5-8-14)24-11-9-16-25-15(13-27-16)18(19,20)21/h13-14H,3-12H2,1-2H3,(H2,22,23,24). The molecule has 0 amide bonds. The van der Waals surface area contributed by atoms with Gasteiger partial charge >= 0.3 is 6.18 Å². The van der Waals surface area contributed by atoms with E-state index in [1.807, 2.05) is 0 Å². The Bertz CT molecular complexity index is 582. The first-order valence-electron chi connectivity index (χ1n) is 9.56. The van der Waals surface area contributed by atoms with Crippen LogP contribution in [0, 0.1) is 0 Å². The molecule has 0 bridgehead atoms. The summed E-state index contributed by atoms with van der Waals surface area (Å²) in [7, 11) is 3.89. The summed E-state index contributed by atoms with van der Waals surface area (Å²) < 4.78 is 37.7. The van der Waals surface area contributed by atoms with Crippen molar-refractivity contribution in [2.75, 3.05) is 33.7 Å². The third kappa shape index (κ3) is 7.65. The minimum absolute atomic E-state index is 0.436. The minimum atomic E-state index is -4.37. The summed E-state index contributed by atoms with van der Waals surface area (Å²) in [6.45, 7) is 2.35. The van der Waals surface area contributed by atoms with Crippen LogP contribution in [0.1, 0.15) is 49.2 Å². The lowest BCUT2D eigenvalue weighted by Gasteiger charge is -2.31. The number of alkyl halides is 3. The molecular formula is C18H30F3N5S. The van der Waals surface area contributed by atoms with Gasteiger partial charge in [-0.25, -0.2) is 4.98 Å². The predicted molar refractivity (Wildman–Crippen MR) is 104 cm³/mol. The summed E-state index contributed by atoms with van der Waals surface area (Å²) in [6.07, 6.45) is 3.75. The number of thiazole rings is 1. The zero-order valence-corrected chi connectivity index (χ0v) is 16.9. The number of aromatic nitrogens is 1. The SMILES string of the molecule is CN=C(NCCCN(C)C1CCCCC1)NCCc1nc(C(F)(F)F)cs1. The molecule has 1 aliphatic rings. The fraction of sp³-hybridized carbons (Fsp3) is 0.778. The van der Waals surface area contributed by atoms with Gasteiger partial charge in [0.25, 0.3) is 0 Å². The fourth-order valence-corrected chi connectivity index (χ4v) is 4.11. The number of hydrogen-bond donors (Lipinski definition) is 2. The molecule has 0 atom stereocenters. The summed E-state index contributed by atoms with van der Waals surface area (Å²) in [5.41, 5.74) is -0.813. The zero-order valence-electron chi connectivity index (χ0n) is 16.1. The van der Waals surface area contributed by atoms with Crippen molar-refractivity contribution in [3.63, 3.8) is 0 Å². The van der Waals surface area contributed by atoms with Gasteiger partial charge in [0, 0.05) is 38.0 Å². The van der Waals surface area contributed by atoms with Crippen LogP contribution >= 0.6 is 11.3 Å². The maximum absolute atomic E-state index is 12.6. The van der Waals surface area contributed by atoms with Gasteiger partial charge in [-0.2, -0.15) is 13.2 Å². The van der Waals surface area contributed by atoms with E-state index in [9.17, 15) is 13.2 Å². The van der Waals surface area contributed by atoms with Crippen LogP contribution in [0.3, 0.4) is 0 Å². The molecule has 1 heterocycles. The monoisotopic (exact) mass is 405 g/mol. The van der Waals surface area contributed by atoms with Crippen LogP contribution in [0.4, 0.5) is 13.2 Å². The first-order chi connectivity index (χ1) is 12.9. The molecular weight excluding hydrogens is 375 g/mol. The van der Waals surface area contributed by atoms with Crippen LogP contribution in [0.5, 0.6) is 0 Å². The van der Waals surface area contributed by atoms with E-state index in [0.717, 1.165) is 42.3 Å². The first-order valence-corrected chi connectivity index (χ1v) is 10.4. The van der Waals surface area contributed by atoms with Crippen LogP contribution in [0.25, 0.3) is 0 Å². The number of nitrogens with zero attached hydrogens (tertiary/aromatic N) is 3.